The zero-order chi connectivity index (χ0) is 20.9. The summed E-state index contributed by atoms with van der Waals surface area (Å²) in [7, 11) is 0. The number of para-hydroxylation sites is 2. The van der Waals surface area contributed by atoms with Crippen LogP contribution in [0.5, 0.6) is 0 Å². The molecule has 0 unspecified atom stereocenters. The van der Waals surface area contributed by atoms with E-state index in [-0.39, 0.29) is 24.1 Å². The van der Waals surface area contributed by atoms with Crippen LogP contribution in [0.15, 0.2) is 83.5 Å². The van der Waals surface area contributed by atoms with Gasteiger partial charge in [-0.1, -0.05) is 30.3 Å². The van der Waals surface area contributed by atoms with E-state index in [4.69, 9.17) is 4.42 Å². The van der Waals surface area contributed by atoms with Gasteiger partial charge in [-0.15, -0.1) is 0 Å². The molecule has 0 saturated carbocycles. The van der Waals surface area contributed by atoms with Crippen molar-refractivity contribution < 1.29 is 14.0 Å². The third-order valence-corrected chi connectivity index (χ3v) is 4.54. The molecule has 0 aliphatic rings. The first-order valence-electron chi connectivity index (χ1n) is 9.45. The van der Waals surface area contributed by atoms with Crippen LogP contribution in [0, 0.1) is 6.92 Å². The maximum Gasteiger partial charge on any atom is 0.276 e. The smallest absolute Gasteiger partial charge is 0.276 e. The van der Waals surface area contributed by atoms with Crippen LogP contribution in [-0.4, -0.2) is 21.6 Å². The maximum absolute atomic E-state index is 12.8. The number of benzene rings is 2. The fourth-order valence-corrected chi connectivity index (χ4v) is 3.07. The molecule has 7 heteroatoms. The van der Waals surface area contributed by atoms with Crippen molar-refractivity contribution in [3.05, 3.63) is 102 Å². The van der Waals surface area contributed by atoms with Crippen molar-refractivity contribution in [1.29, 1.82) is 0 Å². The molecule has 0 aliphatic carbocycles. The Bertz CT molecular complexity index is 1160. The van der Waals surface area contributed by atoms with Gasteiger partial charge in [0.1, 0.15) is 5.76 Å². The van der Waals surface area contributed by atoms with Crippen molar-refractivity contribution >= 4 is 17.5 Å². The fraction of sp³-hybridized carbons (Fsp3) is 0.0870. The van der Waals surface area contributed by atoms with Crippen molar-refractivity contribution in [2.45, 2.75) is 13.5 Å². The molecule has 0 fully saturated rings. The first-order chi connectivity index (χ1) is 14.6. The summed E-state index contributed by atoms with van der Waals surface area (Å²) in [5, 5.41) is 9.99. The number of aryl methyl sites for hydroxylation is 1. The Morgan fingerprint density at radius 2 is 1.73 bits per heavy atom. The number of rotatable bonds is 6. The van der Waals surface area contributed by atoms with E-state index in [0.29, 0.717) is 17.0 Å². The molecule has 0 atom stereocenters. The summed E-state index contributed by atoms with van der Waals surface area (Å²) in [6.45, 7) is 2.14. The quantitative estimate of drug-likeness (QED) is 0.513. The average Bonchev–Trinajstić information content (AvgIpc) is 3.43. The molecular formula is C23H20N4O3. The highest BCUT2D eigenvalue weighted by Crippen LogP contribution is 2.18. The van der Waals surface area contributed by atoms with Crippen molar-refractivity contribution in [3.63, 3.8) is 0 Å². The summed E-state index contributed by atoms with van der Waals surface area (Å²) >= 11 is 0. The number of furan rings is 1. The largest absolute Gasteiger partial charge is 0.467 e. The number of hydrogen-bond donors (Lipinski definition) is 2. The zero-order valence-electron chi connectivity index (χ0n) is 16.3. The van der Waals surface area contributed by atoms with Crippen molar-refractivity contribution in [1.82, 2.24) is 15.1 Å². The Hall–Kier alpha value is -4.13. The van der Waals surface area contributed by atoms with Gasteiger partial charge in [0.05, 0.1) is 29.7 Å². The van der Waals surface area contributed by atoms with E-state index in [1.54, 1.807) is 53.4 Å². The molecule has 2 heterocycles. The van der Waals surface area contributed by atoms with E-state index in [2.05, 4.69) is 15.7 Å². The topological polar surface area (TPSA) is 89.2 Å². The van der Waals surface area contributed by atoms with Crippen LogP contribution in [0.2, 0.25) is 0 Å². The molecule has 4 rings (SSSR count). The lowest BCUT2D eigenvalue weighted by Gasteiger charge is -2.10. The molecule has 0 radical (unpaired) electrons. The van der Waals surface area contributed by atoms with Crippen molar-refractivity contribution in [2.75, 3.05) is 5.32 Å². The summed E-state index contributed by atoms with van der Waals surface area (Å²) in [6.07, 6.45) is 1.55. The van der Waals surface area contributed by atoms with E-state index in [1.807, 2.05) is 37.3 Å². The van der Waals surface area contributed by atoms with E-state index >= 15 is 0 Å². The fourth-order valence-electron chi connectivity index (χ4n) is 3.07. The SMILES string of the molecule is Cc1cc(C(=O)Nc2ccccc2C(=O)NCc2ccco2)nn1-c1ccccc1. The number of carbonyl (C=O) groups excluding carboxylic acids is 2. The highest BCUT2D eigenvalue weighted by molar-refractivity contribution is 6.08. The number of carbonyl (C=O) groups is 2. The second kappa shape index (κ2) is 8.48. The molecule has 30 heavy (non-hydrogen) atoms. The lowest BCUT2D eigenvalue weighted by Crippen LogP contribution is -2.24. The molecule has 0 saturated heterocycles. The van der Waals surface area contributed by atoms with Crippen LogP contribution in [0.3, 0.4) is 0 Å². The Balaban J connectivity index is 1.51. The third kappa shape index (κ3) is 4.15. The summed E-state index contributed by atoms with van der Waals surface area (Å²) in [5.41, 5.74) is 2.73. The van der Waals surface area contributed by atoms with Gasteiger partial charge in [-0.2, -0.15) is 5.10 Å². The molecule has 150 valence electrons. The molecule has 0 bridgehead atoms. The lowest BCUT2D eigenvalue weighted by atomic mass is 10.1. The first-order valence-corrected chi connectivity index (χ1v) is 9.45. The minimum Gasteiger partial charge on any atom is -0.467 e. The summed E-state index contributed by atoms with van der Waals surface area (Å²) < 4.78 is 6.93. The minimum atomic E-state index is -0.390. The number of hydrogen-bond acceptors (Lipinski definition) is 4. The molecule has 4 aromatic rings. The lowest BCUT2D eigenvalue weighted by molar-refractivity contribution is 0.0949. The summed E-state index contributed by atoms with van der Waals surface area (Å²) in [4.78, 5) is 25.4. The Labute approximate surface area is 173 Å². The van der Waals surface area contributed by atoms with Crippen molar-refractivity contribution in [3.8, 4) is 5.69 Å². The van der Waals surface area contributed by atoms with Gasteiger partial charge < -0.3 is 15.1 Å². The van der Waals surface area contributed by atoms with E-state index in [1.165, 1.54) is 0 Å². The second-order valence-corrected chi connectivity index (χ2v) is 6.68. The van der Waals surface area contributed by atoms with Crippen LogP contribution in [0.25, 0.3) is 5.69 Å². The van der Waals surface area contributed by atoms with Gasteiger partial charge in [-0.25, -0.2) is 4.68 Å². The van der Waals surface area contributed by atoms with Gasteiger partial charge in [0.25, 0.3) is 11.8 Å². The predicted octanol–water partition coefficient (Wildman–Crippen LogP) is 3.96. The monoisotopic (exact) mass is 400 g/mol. The van der Waals surface area contributed by atoms with Crippen LogP contribution in [0.4, 0.5) is 5.69 Å². The van der Waals surface area contributed by atoms with Gasteiger partial charge in [0.15, 0.2) is 5.69 Å². The molecule has 2 aromatic carbocycles. The number of anilines is 1. The van der Waals surface area contributed by atoms with Gasteiger partial charge in [-0.3, -0.25) is 9.59 Å². The third-order valence-electron chi connectivity index (χ3n) is 4.54. The highest BCUT2D eigenvalue weighted by atomic mass is 16.3. The zero-order valence-corrected chi connectivity index (χ0v) is 16.3. The Morgan fingerprint density at radius 3 is 2.50 bits per heavy atom. The molecule has 0 spiro atoms. The van der Waals surface area contributed by atoms with Crippen molar-refractivity contribution in [2.24, 2.45) is 0 Å². The predicted molar refractivity (Wildman–Crippen MR) is 113 cm³/mol. The van der Waals surface area contributed by atoms with Crippen LogP contribution >= 0.6 is 0 Å². The molecular weight excluding hydrogens is 380 g/mol. The standard InChI is InChI=1S/C23H20N4O3/c1-16-14-21(26-27(16)17-8-3-2-4-9-17)23(29)25-20-12-6-5-11-19(20)22(28)24-15-18-10-7-13-30-18/h2-14H,15H2,1H3,(H,24,28)(H,25,29). The highest BCUT2D eigenvalue weighted by Gasteiger charge is 2.17. The van der Waals surface area contributed by atoms with E-state index in [9.17, 15) is 9.59 Å². The Morgan fingerprint density at radius 1 is 0.967 bits per heavy atom. The molecule has 2 N–H and O–H groups in total. The van der Waals surface area contributed by atoms with Crippen LogP contribution < -0.4 is 10.6 Å². The maximum atomic E-state index is 12.8. The van der Waals surface area contributed by atoms with E-state index in [0.717, 1.165) is 11.4 Å². The Kier molecular flexibility index (Phi) is 5.43. The molecule has 2 amide bonds. The van der Waals surface area contributed by atoms with Gasteiger partial charge in [0, 0.05) is 5.69 Å². The summed E-state index contributed by atoms with van der Waals surface area (Å²) in [5.74, 6) is -0.0563. The van der Waals surface area contributed by atoms with Gasteiger partial charge in [0.2, 0.25) is 0 Å². The van der Waals surface area contributed by atoms with Gasteiger partial charge in [-0.05, 0) is 49.4 Å². The molecule has 7 nitrogen and oxygen atoms in total. The van der Waals surface area contributed by atoms with Crippen LogP contribution in [0.1, 0.15) is 32.3 Å². The number of aromatic nitrogens is 2. The molecule has 0 aliphatic heterocycles. The number of amides is 2. The average molecular weight is 400 g/mol. The van der Waals surface area contributed by atoms with Crippen LogP contribution in [-0.2, 0) is 6.54 Å². The molecule has 2 aromatic heterocycles. The normalized spacial score (nSPS) is 10.6. The van der Waals surface area contributed by atoms with Gasteiger partial charge >= 0.3 is 0 Å². The number of nitrogens with zero attached hydrogens (tertiary/aromatic N) is 2. The minimum absolute atomic E-state index is 0.259. The first kappa shape index (κ1) is 19.2. The number of nitrogens with one attached hydrogen (secondary N) is 2. The van der Waals surface area contributed by atoms with E-state index < -0.39 is 0 Å². The second-order valence-electron chi connectivity index (χ2n) is 6.68. The summed E-state index contributed by atoms with van der Waals surface area (Å²) in [6, 6.07) is 21.7.